The van der Waals surface area contributed by atoms with Gasteiger partial charge in [-0.1, -0.05) is 18.2 Å². The Morgan fingerprint density at radius 1 is 1.20 bits per heavy atom. The van der Waals surface area contributed by atoms with Gasteiger partial charge in [-0.2, -0.15) is 5.26 Å². The molecule has 0 atom stereocenters. The Morgan fingerprint density at radius 3 is 2.90 bits per heavy atom. The topological polar surface area (TPSA) is 70.7 Å². The number of amides is 1. The predicted molar refractivity (Wildman–Crippen MR) is 74.6 cm³/mol. The van der Waals surface area contributed by atoms with Crippen LogP contribution in [0.4, 0.5) is 0 Å². The van der Waals surface area contributed by atoms with Crippen molar-refractivity contribution in [2.45, 2.75) is 0 Å². The largest absolute Gasteiger partial charge is 0.270 e. The van der Waals surface area contributed by atoms with E-state index < -0.39 is 0 Å². The van der Waals surface area contributed by atoms with Gasteiger partial charge in [0.25, 0.3) is 5.91 Å². The number of benzene rings is 2. The number of hydrogen-bond acceptors (Lipinski definition) is 3. The Labute approximate surface area is 115 Å². The van der Waals surface area contributed by atoms with Crippen molar-refractivity contribution >= 4 is 16.9 Å². The summed E-state index contributed by atoms with van der Waals surface area (Å²) in [4.78, 5) is 16.3. The van der Waals surface area contributed by atoms with E-state index in [-0.39, 0.29) is 5.91 Å². The lowest BCUT2D eigenvalue weighted by atomic mass is 10.1. The molecule has 0 bridgehead atoms. The summed E-state index contributed by atoms with van der Waals surface area (Å²) in [5.74, 6) is -0.287. The number of imidazole rings is 1. The molecule has 3 rings (SSSR count). The fourth-order valence-electron chi connectivity index (χ4n) is 1.95. The molecule has 1 N–H and O–H groups in total. The molecule has 0 fully saturated rings. The third kappa shape index (κ3) is 2.10. The van der Waals surface area contributed by atoms with Gasteiger partial charge < -0.3 is 0 Å². The van der Waals surface area contributed by atoms with Crippen LogP contribution < -0.4 is 5.43 Å². The summed E-state index contributed by atoms with van der Waals surface area (Å²) in [5.41, 5.74) is 5.24. The minimum Gasteiger partial charge on any atom is -0.267 e. The summed E-state index contributed by atoms with van der Waals surface area (Å²) in [7, 11) is 0. The zero-order valence-electron chi connectivity index (χ0n) is 10.4. The minimum atomic E-state index is -0.287. The molecule has 5 nitrogen and oxygen atoms in total. The maximum absolute atomic E-state index is 12.2. The molecule has 0 saturated carbocycles. The van der Waals surface area contributed by atoms with Gasteiger partial charge in [-0.25, -0.2) is 9.66 Å². The highest BCUT2D eigenvalue weighted by atomic mass is 16.2. The third-order valence-corrected chi connectivity index (χ3v) is 2.93. The number of nitrogens with one attached hydrogen (secondary N) is 1. The van der Waals surface area contributed by atoms with Gasteiger partial charge in [0.2, 0.25) is 0 Å². The zero-order chi connectivity index (χ0) is 13.9. The lowest BCUT2D eigenvalue weighted by molar-refractivity contribution is 0.101. The molecule has 3 aromatic rings. The molecular weight excluding hydrogens is 252 g/mol. The van der Waals surface area contributed by atoms with Crippen LogP contribution in [0.15, 0.2) is 54.9 Å². The maximum Gasteiger partial charge on any atom is 0.270 e. The molecule has 1 heterocycles. The van der Waals surface area contributed by atoms with Crippen LogP contribution in [0.2, 0.25) is 0 Å². The second kappa shape index (κ2) is 4.86. The molecule has 0 aliphatic heterocycles. The van der Waals surface area contributed by atoms with Crippen molar-refractivity contribution in [3.8, 4) is 6.07 Å². The molecule has 20 heavy (non-hydrogen) atoms. The highest BCUT2D eigenvalue weighted by Crippen LogP contribution is 2.11. The highest BCUT2D eigenvalue weighted by Gasteiger charge is 2.08. The van der Waals surface area contributed by atoms with Crippen LogP contribution in [0.3, 0.4) is 0 Å². The standard InChI is InChI=1S/C15H10N4O/c16-9-11-4-3-5-12(8-11)15(20)18-19-10-17-13-6-1-2-7-14(13)19/h1-8,10H,(H,18,20). The van der Waals surface area contributed by atoms with Crippen molar-refractivity contribution in [3.05, 3.63) is 66.0 Å². The van der Waals surface area contributed by atoms with Gasteiger partial charge in [0.1, 0.15) is 6.33 Å². The van der Waals surface area contributed by atoms with Crippen molar-refractivity contribution < 1.29 is 4.79 Å². The second-order valence-corrected chi connectivity index (χ2v) is 4.24. The number of carbonyl (C=O) groups is 1. The quantitative estimate of drug-likeness (QED) is 0.770. The fraction of sp³-hybridized carbons (Fsp3) is 0. The Bertz CT molecular complexity index is 829. The number of nitriles is 1. The van der Waals surface area contributed by atoms with Gasteiger partial charge in [-0.05, 0) is 30.3 Å². The van der Waals surface area contributed by atoms with Gasteiger partial charge in [0.15, 0.2) is 0 Å². The van der Waals surface area contributed by atoms with E-state index in [1.54, 1.807) is 35.3 Å². The smallest absolute Gasteiger partial charge is 0.267 e. The van der Waals surface area contributed by atoms with Gasteiger partial charge in [-0.3, -0.25) is 10.2 Å². The minimum absolute atomic E-state index is 0.287. The number of fused-ring (bicyclic) bond motifs is 1. The highest BCUT2D eigenvalue weighted by molar-refractivity contribution is 6.00. The van der Waals surface area contributed by atoms with E-state index in [1.807, 2.05) is 30.3 Å². The molecular formula is C15H10N4O. The van der Waals surface area contributed by atoms with Gasteiger partial charge in [-0.15, -0.1) is 0 Å². The third-order valence-electron chi connectivity index (χ3n) is 2.93. The van der Waals surface area contributed by atoms with Crippen molar-refractivity contribution in [1.29, 1.82) is 5.26 Å². The number of aromatic nitrogens is 2. The number of para-hydroxylation sites is 2. The molecule has 0 aliphatic rings. The first-order valence-electron chi connectivity index (χ1n) is 6.01. The first kappa shape index (κ1) is 11.9. The van der Waals surface area contributed by atoms with Gasteiger partial charge >= 0.3 is 0 Å². The second-order valence-electron chi connectivity index (χ2n) is 4.24. The molecule has 5 heteroatoms. The predicted octanol–water partition coefficient (Wildman–Crippen LogP) is 2.29. The van der Waals surface area contributed by atoms with E-state index in [1.165, 1.54) is 0 Å². The number of rotatable bonds is 2. The number of carbonyl (C=O) groups excluding carboxylic acids is 1. The van der Waals surface area contributed by atoms with Crippen LogP contribution in [0.5, 0.6) is 0 Å². The summed E-state index contributed by atoms with van der Waals surface area (Å²) in [6, 6.07) is 16.1. The molecule has 0 saturated heterocycles. The lowest BCUT2D eigenvalue weighted by Gasteiger charge is -2.07. The van der Waals surface area contributed by atoms with Crippen molar-refractivity contribution in [1.82, 2.24) is 9.66 Å². The van der Waals surface area contributed by atoms with Crippen molar-refractivity contribution in [3.63, 3.8) is 0 Å². The van der Waals surface area contributed by atoms with Crippen LogP contribution in [-0.2, 0) is 0 Å². The Kier molecular flexibility index (Phi) is 2.90. The van der Waals surface area contributed by atoms with E-state index in [2.05, 4.69) is 10.4 Å². The van der Waals surface area contributed by atoms with E-state index in [9.17, 15) is 4.79 Å². The SMILES string of the molecule is N#Cc1cccc(C(=O)Nn2cnc3ccccc32)c1. The molecule has 0 unspecified atom stereocenters. The van der Waals surface area contributed by atoms with Crippen LogP contribution >= 0.6 is 0 Å². The molecule has 0 aliphatic carbocycles. The molecule has 1 amide bonds. The molecule has 0 spiro atoms. The maximum atomic E-state index is 12.2. The normalized spacial score (nSPS) is 10.2. The first-order valence-corrected chi connectivity index (χ1v) is 6.01. The van der Waals surface area contributed by atoms with Crippen LogP contribution in [0.25, 0.3) is 11.0 Å². The van der Waals surface area contributed by atoms with Crippen molar-refractivity contribution in [2.24, 2.45) is 0 Å². The van der Waals surface area contributed by atoms with E-state index in [0.29, 0.717) is 11.1 Å². The molecule has 2 aromatic carbocycles. The Hall–Kier alpha value is -3.13. The van der Waals surface area contributed by atoms with E-state index >= 15 is 0 Å². The molecule has 0 radical (unpaired) electrons. The van der Waals surface area contributed by atoms with Gasteiger partial charge in [0, 0.05) is 5.56 Å². The van der Waals surface area contributed by atoms with Crippen LogP contribution in [0, 0.1) is 11.3 Å². The molecule has 96 valence electrons. The molecule has 1 aromatic heterocycles. The van der Waals surface area contributed by atoms with Gasteiger partial charge in [0.05, 0.1) is 22.7 Å². The number of hydrogen-bond donors (Lipinski definition) is 1. The summed E-state index contributed by atoms with van der Waals surface area (Å²) in [6.45, 7) is 0. The summed E-state index contributed by atoms with van der Waals surface area (Å²) in [6.07, 6.45) is 1.55. The van der Waals surface area contributed by atoms with Crippen LogP contribution in [-0.4, -0.2) is 15.6 Å². The lowest BCUT2D eigenvalue weighted by Crippen LogP contribution is -2.22. The summed E-state index contributed by atoms with van der Waals surface area (Å²) in [5, 5.41) is 8.84. The monoisotopic (exact) mass is 262 g/mol. The Balaban J connectivity index is 1.91. The average Bonchev–Trinajstić information content (AvgIpc) is 2.90. The first-order chi connectivity index (χ1) is 9.78. The van der Waals surface area contributed by atoms with E-state index in [0.717, 1.165) is 11.0 Å². The fourth-order valence-corrected chi connectivity index (χ4v) is 1.95. The Morgan fingerprint density at radius 2 is 2.05 bits per heavy atom. The number of nitrogens with zero attached hydrogens (tertiary/aromatic N) is 3. The summed E-state index contributed by atoms with van der Waals surface area (Å²) >= 11 is 0. The average molecular weight is 262 g/mol. The van der Waals surface area contributed by atoms with Crippen molar-refractivity contribution in [2.75, 3.05) is 5.43 Å². The zero-order valence-corrected chi connectivity index (χ0v) is 10.4. The van der Waals surface area contributed by atoms with Crippen LogP contribution in [0.1, 0.15) is 15.9 Å². The van der Waals surface area contributed by atoms with E-state index in [4.69, 9.17) is 5.26 Å². The summed E-state index contributed by atoms with van der Waals surface area (Å²) < 4.78 is 1.57.